The second-order valence-corrected chi connectivity index (χ2v) is 3.45. The maximum absolute atomic E-state index is 8.45. The van der Waals surface area contributed by atoms with Crippen LogP contribution in [0.5, 0.6) is 0 Å². The van der Waals surface area contributed by atoms with Crippen LogP contribution in [0.3, 0.4) is 0 Å². The Kier molecular flexibility index (Phi) is 4.14. The second-order valence-electron chi connectivity index (χ2n) is 3.45. The first-order valence-electron chi connectivity index (χ1n) is 4.81. The van der Waals surface area contributed by atoms with Crippen molar-refractivity contribution in [2.24, 2.45) is 7.05 Å². The standard InChI is InChI=1S/C10H16N4/c1-9(3-6-11)12-7-4-10-5-8-14(2)13-10/h5,8-9,12H,3-4,7H2,1-2H3. The number of aromatic nitrogens is 2. The van der Waals surface area contributed by atoms with Crippen molar-refractivity contribution in [3.05, 3.63) is 18.0 Å². The molecule has 76 valence electrons. The average Bonchev–Trinajstić information content (AvgIpc) is 2.52. The van der Waals surface area contributed by atoms with Crippen LogP contribution in [-0.2, 0) is 13.5 Å². The summed E-state index contributed by atoms with van der Waals surface area (Å²) in [6, 6.07) is 4.42. The summed E-state index contributed by atoms with van der Waals surface area (Å²) in [7, 11) is 1.91. The van der Waals surface area contributed by atoms with E-state index in [9.17, 15) is 0 Å². The Morgan fingerprint density at radius 1 is 1.71 bits per heavy atom. The Morgan fingerprint density at radius 3 is 3.07 bits per heavy atom. The van der Waals surface area contributed by atoms with Crippen LogP contribution in [0.2, 0.25) is 0 Å². The average molecular weight is 192 g/mol. The molecule has 14 heavy (non-hydrogen) atoms. The molecule has 0 aliphatic rings. The predicted octanol–water partition coefficient (Wildman–Crippen LogP) is 0.854. The molecule has 1 aromatic heterocycles. The maximum Gasteiger partial charge on any atom is 0.0638 e. The third-order valence-electron chi connectivity index (χ3n) is 2.04. The molecule has 1 heterocycles. The molecule has 0 aliphatic carbocycles. The summed E-state index contributed by atoms with van der Waals surface area (Å²) in [5.41, 5.74) is 1.09. The van der Waals surface area contributed by atoms with E-state index in [1.165, 1.54) is 0 Å². The number of nitriles is 1. The molecule has 0 amide bonds. The van der Waals surface area contributed by atoms with Gasteiger partial charge in [0.15, 0.2) is 0 Å². The van der Waals surface area contributed by atoms with E-state index < -0.39 is 0 Å². The highest BCUT2D eigenvalue weighted by Crippen LogP contribution is 1.95. The van der Waals surface area contributed by atoms with E-state index in [0.717, 1.165) is 18.7 Å². The zero-order chi connectivity index (χ0) is 10.4. The first kappa shape index (κ1) is 10.7. The molecule has 0 radical (unpaired) electrons. The van der Waals surface area contributed by atoms with E-state index in [0.29, 0.717) is 6.42 Å². The summed E-state index contributed by atoms with van der Waals surface area (Å²) >= 11 is 0. The minimum absolute atomic E-state index is 0.267. The molecule has 0 spiro atoms. The SMILES string of the molecule is CC(CC#N)NCCc1ccn(C)n1. The lowest BCUT2D eigenvalue weighted by molar-refractivity contribution is 0.555. The summed E-state index contributed by atoms with van der Waals surface area (Å²) in [6.45, 7) is 2.89. The fourth-order valence-electron chi connectivity index (χ4n) is 1.25. The number of nitrogens with one attached hydrogen (secondary N) is 1. The zero-order valence-corrected chi connectivity index (χ0v) is 8.70. The van der Waals surface area contributed by atoms with E-state index in [1.807, 2.05) is 26.2 Å². The minimum atomic E-state index is 0.267. The molecule has 0 fully saturated rings. The number of nitrogens with zero attached hydrogens (tertiary/aromatic N) is 3. The fourth-order valence-corrected chi connectivity index (χ4v) is 1.25. The topological polar surface area (TPSA) is 53.6 Å². The van der Waals surface area contributed by atoms with E-state index in [-0.39, 0.29) is 6.04 Å². The van der Waals surface area contributed by atoms with Gasteiger partial charge in [0.2, 0.25) is 0 Å². The highest BCUT2D eigenvalue weighted by Gasteiger charge is 2.00. The first-order chi connectivity index (χ1) is 6.72. The van der Waals surface area contributed by atoms with Crippen LogP contribution >= 0.6 is 0 Å². The van der Waals surface area contributed by atoms with E-state index >= 15 is 0 Å². The van der Waals surface area contributed by atoms with Gasteiger partial charge in [0, 0.05) is 32.3 Å². The number of rotatable bonds is 5. The summed E-state index contributed by atoms with van der Waals surface area (Å²) < 4.78 is 1.80. The Bertz CT molecular complexity index is 310. The lowest BCUT2D eigenvalue weighted by Gasteiger charge is -2.08. The highest BCUT2D eigenvalue weighted by atomic mass is 15.2. The van der Waals surface area contributed by atoms with Crippen LogP contribution in [0.25, 0.3) is 0 Å². The molecule has 4 nitrogen and oxygen atoms in total. The van der Waals surface area contributed by atoms with Crippen molar-refractivity contribution in [2.75, 3.05) is 6.54 Å². The van der Waals surface area contributed by atoms with Crippen molar-refractivity contribution in [3.63, 3.8) is 0 Å². The highest BCUT2D eigenvalue weighted by molar-refractivity contribution is 4.99. The van der Waals surface area contributed by atoms with Crippen molar-refractivity contribution in [2.45, 2.75) is 25.8 Å². The van der Waals surface area contributed by atoms with Gasteiger partial charge in [0.1, 0.15) is 0 Å². The van der Waals surface area contributed by atoms with Crippen molar-refractivity contribution in [1.29, 1.82) is 5.26 Å². The van der Waals surface area contributed by atoms with Crippen LogP contribution < -0.4 is 5.32 Å². The van der Waals surface area contributed by atoms with Crippen molar-refractivity contribution < 1.29 is 0 Å². The predicted molar refractivity (Wildman–Crippen MR) is 54.6 cm³/mol. The van der Waals surface area contributed by atoms with Crippen LogP contribution in [0, 0.1) is 11.3 Å². The summed E-state index contributed by atoms with van der Waals surface area (Å²) in [5, 5.41) is 16.0. The Morgan fingerprint density at radius 2 is 2.50 bits per heavy atom. The Labute approximate surface area is 84.5 Å². The van der Waals surface area contributed by atoms with Crippen molar-refractivity contribution in [1.82, 2.24) is 15.1 Å². The monoisotopic (exact) mass is 192 g/mol. The number of hydrogen-bond donors (Lipinski definition) is 1. The summed E-state index contributed by atoms with van der Waals surface area (Å²) in [5.74, 6) is 0. The molecule has 4 heteroatoms. The van der Waals surface area contributed by atoms with Crippen LogP contribution in [0.1, 0.15) is 19.0 Å². The molecular formula is C10H16N4. The first-order valence-corrected chi connectivity index (χ1v) is 4.81. The Hall–Kier alpha value is -1.34. The molecular weight excluding hydrogens is 176 g/mol. The molecule has 1 atom stereocenters. The molecule has 0 aromatic carbocycles. The third kappa shape index (κ3) is 3.58. The fraction of sp³-hybridized carbons (Fsp3) is 0.600. The molecule has 0 bridgehead atoms. The molecule has 1 rings (SSSR count). The van der Waals surface area contributed by atoms with Gasteiger partial charge in [-0.05, 0) is 13.0 Å². The minimum Gasteiger partial charge on any atom is -0.313 e. The van der Waals surface area contributed by atoms with Gasteiger partial charge in [0.05, 0.1) is 18.2 Å². The Balaban J connectivity index is 2.19. The van der Waals surface area contributed by atoms with Gasteiger partial charge in [-0.2, -0.15) is 10.4 Å². The van der Waals surface area contributed by atoms with Crippen LogP contribution in [0.15, 0.2) is 12.3 Å². The second kappa shape index (κ2) is 5.40. The van der Waals surface area contributed by atoms with Crippen molar-refractivity contribution in [3.8, 4) is 6.07 Å². The largest absolute Gasteiger partial charge is 0.313 e. The molecule has 0 aliphatic heterocycles. The van der Waals surface area contributed by atoms with Gasteiger partial charge in [-0.3, -0.25) is 4.68 Å². The maximum atomic E-state index is 8.45. The smallest absolute Gasteiger partial charge is 0.0638 e. The summed E-state index contributed by atoms with van der Waals surface area (Å²) in [4.78, 5) is 0. The lowest BCUT2D eigenvalue weighted by atomic mass is 10.2. The third-order valence-corrected chi connectivity index (χ3v) is 2.04. The van der Waals surface area contributed by atoms with Gasteiger partial charge in [-0.15, -0.1) is 0 Å². The molecule has 1 aromatic rings. The van der Waals surface area contributed by atoms with Gasteiger partial charge < -0.3 is 5.32 Å². The molecule has 1 N–H and O–H groups in total. The normalized spacial score (nSPS) is 12.4. The van der Waals surface area contributed by atoms with Crippen molar-refractivity contribution >= 4 is 0 Å². The quantitative estimate of drug-likeness (QED) is 0.752. The van der Waals surface area contributed by atoms with Gasteiger partial charge in [0.25, 0.3) is 0 Å². The number of hydrogen-bond acceptors (Lipinski definition) is 3. The number of aryl methyl sites for hydroxylation is 1. The lowest BCUT2D eigenvalue weighted by Crippen LogP contribution is -2.27. The van der Waals surface area contributed by atoms with Gasteiger partial charge in [-0.1, -0.05) is 0 Å². The zero-order valence-electron chi connectivity index (χ0n) is 8.70. The van der Waals surface area contributed by atoms with Gasteiger partial charge >= 0.3 is 0 Å². The summed E-state index contributed by atoms with van der Waals surface area (Å²) in [6.07, 6.45) is 3.41. The van der Waals surface area contributed by atoms with E-state index in [2.05, 4.69) is 16.5 Å². The molecule has 1 unspecified atom stereocenters. The van der Waals surface area contributed by atoms with Gasteiger partial charge in [-0.25, -0.2) is 0 Å². The molecule has 0 saturated carbocycles. The van der Waals surface area contributed by atoms with E-state index in [1.54, 1.807) is 4.68 Å². The molecule has 0 saturated heterocycles. The van der Waals surface area contributed by atoms with E-state index in [4.69, 9.17) is 5.26 Å². The van der Waals surface area contributed by atoms with Crippen LogP contribution in [0.4, 0.5) is 0 Å². The van der Waals surface area contributed by atoms with Crippen LogP contribution in [-0.4, -0.2) is 22.4 Å².